The number of amides is 1. The van der Waals surface area contributed by atoms with Crippen molar-refractivity contribution in [2.75, 3.05) is 6.54 Å². The van der Waals surface area contributed by atoms with Crippen LogP contribution in [0.25, 0.3) is 33.3 Å². The van der Waals surface area contributed by atoms with Crippen molar-refractivity contribution in [3.8, 4) is 11.3 Å². The Labute approximate surface area is 146 Å². The molecule has 1 amide bonds. The van der Waals surface area contributed by atoms with E-state index in [1.807, 2.05) is 0 Å². The fourth-order valence-corrected chi connectivity index (χ4v) is 2.41. The van der Waals surface area contributed by atoms with Gasteiger partial charge in [-0.1, -0.05) is 0 Å². The molecular weight excluding hydrogens is 339 g/mol. The average molecular weight is 352 g/mol. The van der Waals surface area contributed by atoms with Gasteiger partial charge in [-0.3, -0.25) is 9.59 Å². The molecule has 3 aromatic heterocycles. The third-order valence-electron chi connectivity index (χ3n) is 3.63. The van der Waals surface area contributed by atoms with E-state index in [0.29, 0.717) is 28.0 Å². The van der Waals surface area contributed by atoms with Gasteiger partial charge in [-0.05, 0) is 12.1 Å². The Kier molecular flexibility index (Phi) is 4.57. The number of halogens is 1. The fourth-order valence-electron chi connectivity index (χ4n) is 2.41. The molecule has 0 spiro atoms. The number of nitrogens with zero attached hydrogens (tertiary/aromatic N) is 4. The number of primary amides is 1. The van der Waals surface area contributed by atoms with Gasteiger partial charge in [0.05, 0.1) is 18.4 Å². The highest BCUT2D eigenvalue weighted by molar-refractivity contribution is 5.93. The number of rotatable bonds is 5. The number of nitrogens with one attached hydrogen (secondary N) is 1. The van der Waals surface area contributed by atoms with Crippen molar-refractivity contribution in [3.63, 3.8) is 0 Å². The van der Waals surface area contributed by atoms with Crippen molar-refractivity contribution in [2.24, 2.45) is 5.73 Å². The van der Waals surface area contributed by atoms with Crippen LogP contribution in [0.4, 0.5) is 4.39 Å². The molecule has 3 rings (SSSR count). The summed E-state index contributed by atoms with van der Waals surface area (Å²) in [6.45, 7) is 6.96. The molecule has 8 nitrogen and oxygen atoms in total. The van der Waals surface area contributed by atoms with E-state index < -0.39 is 17.3 Å². The van der Waals surface area contributed by atoms with E-state index in [2.05, 4.69) is 19.8 Å². The first-order chi connectivity index (χ1) is 12.5. The molecule has 9 heteroatoms. The highest BCUT2D eigenvalue weighted by Gasteiger charge is 2.12. The van der Waals surface area contributed by atoms with E-state index in [-0.39, 0.29) is 13.1 Å². The number of hydrogen-bond acceptors (Lipinski definition) is 4. The molecule has 0 aliphatic carbocycles. The summed E-state index contributed by atoms with van der Waals surface area (Å²) in [6.07, 6.45) is 7.19. The summed E-state index contributed by atoms with van der Waals surface area (Å²) in [5.41, 5.74) is 6.55. The SMILES string of the molecule is [C-]#[N+]CCn1cc(-c2cnc3[nH]cc(/C=C/C(N)=O)c3n2)cc(F)c1=O. The number of fused-ring (bicyclic) bond motifs is 1. The third-order valence-corrected chi connectivity index (χ3v) is 3.63. The summed E-state index contributed by atoms with van der Waals surface area (Å²) in [4.78, 5) is 37.5. The quantitative estimate of drug-likeness (QED) is 0.533. The van der Waals surface area contributed by atoms with E-state index in [0.717, 1.165) is 10.6 Å². The largest absolute Gasteiger partial charge is 0.366 e. The smallest absolute Gasteiger partial charge is 0.286 e. The predicted octanol–water partition coefficient (Wildman–Crippen LogP) is 1.34. The van der Waals surface area contributed by atoms with Gasteiger partial charge in [0.15, 0.2) is 11.5 Å². The Hall–Kier alpha value is -3.80. The zero-order valence-corrected chi connectivity index (χ0v) is 13.4. The Morgan fingerprint density at radius 2 is 2.31 bits per heavy atom. The fraction of sp³-hybridized carbons (Fsp3) is 0.118. The summed E-state index contributed by atoms with van der Waals surface area (Å²) in [5.74, 6) is -1.53. The first kappa shape index (κ1) is 17.0. The molecule has 0 atom stereocenters. The summed E-state index contributed by atoms with van der Waals surface area (Å²) in [5, 5.41) is 0. The summed E-state index contributed by atoms with van der Waals surface area (Å²) >= 11 is 0. The topological polar surface area (TPSA) is 111 Å². The van der Waals surface area contributed by atoms with E-state index in [4.69, 9.17) is 12.3 Å². The van der Waals surface area contributed by atoms with Crippen LogP contribution in [-0.2, 0) is 11.3 Å². The molecule has 0 fully saturated rings. The van der Waals surface area contributed by atoms with E-state index in [1.165, 1.54) is 24.5 Å². The lowest BCUT2D eigenvalue weighted by Gasteiger charge is -2.06. The maximum atomic E-state index is 14.0. The van der Waals surface area contributed by atoms with Crippen LogP contribution in [0.1, 0.15) is 5.56 Å². The van der Waals surface area contributed by atoms with Crippen LogP contribution in [0.3, 0.4) is 0 Å². The van der Waals surface area contributed by atoms with Crippen LogP contribution in [0.5, 0.6) is 0 Å². The van der Waals surface area contributed by atoms with Crippen LogP contribution < -0.4 is 11.3 Å². The second-order valence-corrected chi connectivity index (χ2v) is 5.39. The Morgan fingerprint density at radius 3 is 3.04 bits per heavy atom. The number of carbonyl (C=O) groups is 1. The third kappa shape index (κ3) is 3.34. The van der Waals surface area contributed by atoms with Crippen molar-refractivity contribution in [1.29, 1.82) is 0 Å². The summed E-state index contributed by atoms with van der Waals surface area (Å²) in [7, 11) is 0. The number of carbonyl (C=O) groups excluding carboxylic acids is 1. The van der Waals surface area contributed by atoms with Gasteiger partial charge in [0.2, 0.25) is 12.5 Å². The van der Waals surface area contributed by atoms with Crippen LogP contribution in [-0.4, -0.2) is 32.0 Å². The number of H-pyrrole nitrogens is 1. The minimum Gasteiger partial charge on any atom is -0.366 e. The molecule has 130 valence electrons. The van der Waals surface area contributed by atoms with Gasteiger partial charge in [-0.15, -0.1) is 0 Å². The highest BCUT2D eigenvalue weighted by Crippen LogP contribution is 2.21. The molecule has 0 saturated heterocycles. The molecule has 0 saturated carbocycles. The van der Waals surface area contributed by atoms with Crippen LogP contribution in [0.15, 0.2) is 35.5 Å². The van der Waals surface area contributed by atoms with Gasteiger partial charge < -0.3 is 20.1 Å². The van der Waals surface area contributed by atoms with Crippen molar-refractivity contribution < 1.29 is 9.18 Å². The van der Waals surface area contributed by atoms with Crippen molar-refractivity contribution in [1.82, 2.24) is 19.5 Å². The lowest BCUT2D eigenvalue weighted by atomic mass is 10.2. The van der Waals surface area contributed by atoms with Crippen LogP contribution in [0, 0.1) is 12.4 Å². The molecule has 26 heavy (non-hydrogen) atoms. The van der Waals surface area contributed by atoms with Crippen molar-refractivity contribution in [3.05, 3.63) is 63.9 Å². The monoisotopic (exact) mass is 352 g/mol. The summed E-state index contributed by atoms with van der Waals surface area (Å²) in [6, 6.07) is 1.08. The average Bonchev–Trinajstić information content (AvgIpc) is 3.03. The molecule has 3 aromatic rings. The Bertz CT molecular complexity index is 1120. The molecule has 0 aliphatic heterocycles. The van der Waals surface area contributed by atoms with Gasteiger partial charge in [-0.25, -0.2) is 20.9 Å². The van der Waals surface area contributed by atoms with Crippen LogP contribution in [0.2, 0.25) is 0 Å². The number of pyridine rings is 1. The molecular formula is C17H13FN6O2. The van der Waals surface area contributed by atoms with Gasteiger partial charge in [-0.2, -0.15) is 0 Å². The Morgan fingerprint density at radius 1 is 1.50 bits per heavy atom. The normalized spacial score (nSPS) is 11.1. The maximum absolute atomic E-state index is 14.0. The zero-order chi connectivity index (χ0) is 18.7. The molecule has 0 radical (unpaired) electrons. The molecule has 0 aliphatic rings. The second kappa shape index (κ2) is 6.98. The van der Waals surface area contributed by atoms with E-state index in [9.17, 15) is 14.0 Å². The first-order valence-corrected chi connectivity index (χ1v) is 7.55. The Balaban J connectivity index is 2.09. The second-order valence-electron chi connectivity index (χ2n) is 5.39. The zero-order valence-electron chi connectivity index (χ0n) is 13.4. The lowest BCUT2D eigenvalue weighted by Crippen LogP contribution is -2.23. The maximum Gasteiger partial charge on any atom is 0.286 e. The van der Waals surface area contributed by atoms with Crippen molar-refractivity contribution >= 4 is 23.1 Å². The summed E-state index contributed by atoms with van der Waals surface area (Å²) < 4.78 is 15.1. The van der Waals surface area contributed by atoms with E-state index >= 15 is 0 Å². The van der Waals surface area contributed by atoms with Gasteiger partial charge >= 0.3 is 0 Å². The lowest BCUT2D eigenvalue weighted by molar-refractivity contribution is -0.113. The van der Waals surface area contributed by atoms with E-state index in [1.54, 1.807) is 6.20 Å². The molecule has 0 aromatic carbocycles. The molecule has 0 bridgehead atoms. The van der Waals surface area contributed by atoms with Crippen molar-refractivity contribution in [2.45, 2.75) is 6.54 Å². The molecule has 3 heterocycles. The number of hydrogen-bond donors (Lipinski definition) is 2. The first-order valence-electron chi connectivity index (χ1n) is 7.55. The predicted molar refractivity (Wildman–Crippen MR) is 93.2 cm³/mol. The minimum absolute atomic E-state index is 0.0629. The van der Waals surface area contributed by atoms with Gasteiger partial charge in [0.1, 0.15) is 5.52 Å². The minimum atomic E-state index is -0.933. The number of aromatic nitrogens is 4. The highest BCUT2D eigenvalue weighted by atomic mass is 19.1. The molecule has 3 N–H and O–H groups in total. The van der Waals surface area contributed by atoms with Gasteiger partial charge in [0, 0.05) is 29.6 Å². The number of nitrogens with two attached hydrogens (primary N) is 1. The molecule has 0 unspecified atom stereocenters. The van der Waals surface area contributed by atoms with Gasteiger partial charge in [0.25, 0.3) is 5.56 Å². The van der Waals surface area contributed by atoms with Crippen LogP contribution >= 0.6 is 0 Å². The standard InChI is InChI=1S/C17H13FN6O2/c1-20-4-5-24-9-11(6-12(18)17(24)26)13-8-22-16-15(23-13)10(7-21-16)2-3-14(19)25/h2-3,6-9H,4-5H2,(H2,19,25)(H,21,22)/b3-2+. The number of aromatic amines is 1.